The minimum atomic E-state index is -0.197. The summed E-state index contributed by atoms with van der Waals surface area (Å²) in [5.41, 5.74) is 3.76. The zero-order valence-electron chi connectivity index (χ0n) is 17.1. The molecular weight excluding hydrogens is 376 g/mol. The van der Waals surface area contributed by atoms with Crippen LogP contribution in [0.15, 0.2) is 77.2 Å². The summed E-state index contributed by atoms with van der Waals surface area (Å²) in [6.07, 6.45) is 0.625. The molecule has 1 amide bonds. The minimum absolute atomic E-state index is 0.197. The third-order valence-corrected chi connectivity index (χ3v) is 4.57. The molecule has 0 aliphatic rings. The van der Waals surface area contributed by atoms with Gasteiger partial charge in [0, 0.05) is 17.7 Å². The van der Waals surface area contributed by atoms with Crippen LogP contribution in [-0.2, 0) is 6.42 Å². The van der Waals surface area contributed by atoms with Crippen LogP contribution in [0.4, 0.5) is 5.69 Å². The molecule has 0 saturated heterocycles. The normalized spacial score (nSPS) is 11.0. The summed E-state index contributed by atoms with van der Waals surface area (Å²) >= 11 is 0. The number of hydrogen-bond donors (Lipinski definition) is 1. The summed E-state index contributed by atoms with van der Waals surface area (Å²) < 4.78 is 11.6. The molecular formula is C25H24N2O3. The predicted octanol–water partition coefficient (Wildman–Crippen LogP) is 5.71. The number of rotatable bonds is 7. The van der Waals surface area contributed by atoms with Crippen molar-refractivity contribution >= 4 is 22.7 Å². The second-order valence-electron chi connectivity index (χ2n) is 7.64. The molecule has 0 unspecified atom stereocenters. The summed E-state index contributed by atoms with van der Waals surface area (Å²) in [7, 11) is 0. The summed E-state index contributed by atoms with van der Waals surface area (Å²) in [5, 5.41) is 2.93. The minimum Gasteiger partial charge on any atom is -0.493 e. The molecule has 5 heteroatoms. The van der Waals surface area contributed by atoms with E-state index in [9.17, 15) is 4.79 Å². The number of benzene rings is 3. The van der Waals surface area contributed by atoms with Gasteiger partial charge in [-0.3, -0.25) is 4.79 Å². The number of nitrogens with one attached hydrogen (secondary N) is 1. The fraction of sp³-hybridized carbons (Fsp3) is 0.200. The molecule has 1 aromatic heterocycles. The fourth-order valence-corrected chi connectivity index (χ4v) is 3.09. The lowest BCUT2D eigenvalue weighted by atomic mass is 10.1. The smallest absolute Gasteiger partial charge is 0.255 e. The number of carbonyl (C=O) groups excluding carboxylic acids is 1. The van der Waals surface area contributed by atoms with Crippen LogP contribution in [0.2, 0.25) is 0 Å². The van der Waals surface area contributed by atoms with Crippen molar-refractivity contribution in [1.82, 2.24) is 4.98 Å². The van der Waals surface area contributed by atoms with Crippen molar-refractivity contribution in [3.63, 3.8) is 0 Å². The highest BCUT2D eigenvalue weighted by atomic mass is 16.5. The molecule has 0 atom stereocenters. The molecule has 1 N–H and O–H groups in total. The molecule has 1 heterocycles. The lowest BCUT2D eigenvalue weighted by molar-refractivity contribution is 0.102. The topological polar surface area (TPSA) is 64.4 Å². The van der Waals surface area contributed by atoms with Crippen LogP contribution in [-0.4, -0.2) is 17.5 Å². The van der Waals surface area contributed by atoms with Gasteiger partial charge in [-0.2, -0.15) is 0 Å². The molecule has 0 saturated carbocycles. The Morgan fingerprint density at radius 3 is 2.67 bits per heavy atom. The van der Waals surface area contributed by atoms with Gasteiger partial charge in [0.15, 0.2) is 11.5 Å². The van der Waals surface area contributed by atoms with E-state index in [1.807, 2.05) is 60.7 Å². The molecule has 4 aromatic rings. The number of aromatic nitrogens is 1. The monoisotopic (exact) mass is 400 g/mol. The number of amides is 1. The Kier molecular flexibility index (Phi) is 5.80. The second kappa shape index (κ2) is 8.82. The summed E-state index contributed by atoms with van der Waals surface area (Å²) in [6.45, 7) is 4.78. The van der Waals surface area contributed by atoms with Crippen molar-refractivity contribution in [2.45, 2.75) is 20.3 Å². The van der Waals surface area contributed by atoms with E-state index in [1.54, 1.807) is 12.1 Å². The van der Waals surface area contributed by atoms with Crippen molar-refractivity contribution in [2.75, 3.05) is 11.9 Å². The van der Waals surface area contributed by atoms with Gasteiger partial charge in [0.05, 0.1) is 6.61 Å². The lowest BCUT2D eigenvalue weighted by Gasteiger charge is -2.10. The summed E-state index contributed by atoms with van der Waals surface area (Å²) in [6, 6.07) is 22.7. The number of hydrogen-bond acceptors (Lipinski definition) is 4. The summed E-state index contributed by atoms with van der Waals surface area (Å²) in [5.74, 6) is 1.56. The molecule has 30 heavy (non-hydrogen) atoms. The summed E-state index contributed by atoms with van der Waals surface area (Å²) in [4.78, 5) is 17.2. The molecule has 5 nitrogen and oxygen atoms in total. The number of anilines is 1. The van der Waals surface area contributed by atoms with E-state index in [1.165, 1.54) is 0 Å². The van der Waals surface area contributed by atoms with Gasteiger partial charge in [-0.25, -0.2) is 4.98 Å². The average Bonchev–Trinajstić information content (AvgIpc) is 3.14. The van der Waals surface area contributed by atoms with E-state index in [4.69, 9.17) is 9.15 Å². The van der Waals surface area contributed by atoms with Gasteiger partial charge >= 0.3 is 0 Å². The maximum absolute atomic E-state index is 12.7. The van der Waals surface area contributed by atoms with Crippen LogP contribution in [0.25, 0.3) is 11.1 Å². The van der Waals surface area contributed by atoms with Crippen LogP contribution < -0.4 is 10.1 Å². The van der Waals surface area contributed by atoms with Crippen molar-refractivity contribution in [3.8, 4) is 5.75 Å². The predicted molar refractivity (Wildman–Crippen MR) is 118 cm³/mol. The molecule has 3 aromatic carbocycles. The third kappa shape index (κ3) is 4.87. The van der Waals surface area contributed by atoms with Gasteiger partial charge < -0.3 is 14.5 Å². The number of ether oxygens (including phenoxy) is 1. The zero-order chi connectivity index (χ0) is 20.9. The number of carbonyl (C=O) groups is 1. The molecule has 0 aliphatic heterocycles. The quantitative estimate of drug-likeness (QED) is 0.432. The zero-order valence-corrected chi connectivity index (χ0v) is 17.1. The Labute approximate surface area is 175 Å². The van der Waals surface area contributed by atoms with Gasteiger partial charge in [0.25, 0.3) is 5.91 Å². The van der Waals surface area contributed by atoms with Crippen LogP contribution in [0.3, 0.4) is 0 Å². The second-order valence-corrected chi connectivity index (χ2v) is 7.64. The fourth-order valence-electron chi connectivity index (χ4n) is 3.09. The van der Waals surface area contributed by atoms with E-state index < -0.39 is 0 Å². The van der Waals surface area contributed by atoms with Gasteiger partial charge in [0.1, 0.15) is 11.3 Å². The van der Waals surface area contributed by atoms with Crippen molar-refractivity contribution in [1.29, 1.82) is 0 Å². The van der Waals surface area contributed by atoms with Crippen LogP contribution in [0.5, 0.6) is 5.75 Å². The number of nitrogens with zero attached hydrogens (tertiary/aromatic N) is 1. The Morgan fingerprint density at radius 2 is 1.87 bits per heavy atom. The van der Waals surface area contributed by atoms with Crippen molar-refractivity contribution in [3.05, 3.63) is 89.8 Å². The van der Waals surface area contributed by atoms with Crippen LogP contribution >= 0.6 is 0 Å². The molecule has 0 spiro atoms. The van der Waals surface area contributed by atoms with Gasteiger partial charge in [-0.1, -0.05) is 50.2 Å². The first-order valence-electron chi connectivity index (χ1n) is 10.0. The third-order valence-electron chi connectivity index (χ3n) is 4.57. The maximum Gasteiger partial charge on any atom is 0.255 e. The lowest BCUT2D eigenvalue weighted by Crippen LogP contribution is -2.12. The first kappa shape index (κ1) is 19.7. The van der Waals surface area contributed by atoms with Gasteiger partial charge in [-0.15, -0.1) is 0 Å². The highest BCUT2D eigenvalue weighted by Gasteiger charge is 2.11. The van der Waals surface area contributed by atoms with Gasteiger partial charge in [0.2, 0.25) is 0 Å². The highest BCUT2D eigenvalue weighted by molar-refractivity contribution is 6.05. The standard InChI is InChI=1S/C25H24N2O3/c1-17(2)16-29-21-10-6-9-19(14-21)25(28)26-20-11-12-23-22(15-20)27-24(30-23)13-18-7-4-3-5-8-18/h3-12,14-15,17H,13,16H2,1-2H3,(H,26,28). The number of oxazole rings is 1. The van der Waals surface area contributed by atoms with Crippen molar-refractivity contribution in [2.24, 2.45) is 5.92 Å². The van der Waals surface area contributed by atoms with Crippen LogP contribution in [0.1, 0.15) is 35.7 Å². The van der Waals surface area contributed by atoms with Crippen LogP contribution in [0, 0.1) is 5.92 Å². The van der Waals surface area contributed by atoms with E-state index in [2.05, 4.69) is 24.1 Å². The Bertz CT molecular complexity index is 1150. The van der Waals surface area contributed by atoms with E-state index in [0.717, 1.165) is 5.56 Å². The first-order valence-corrected chi connectivity index (χ1v) is 10.0. The Hall–Kier alpha value is -3.60. The first-order chi connectivity index (χ1) is 14.6. The molecule has 0 radical (unpaired) electrons. The average molecular weight is 400 g/mol. The SMILES string of the molecule is CC(C)COc1cccc(C(=O)Nc2ccc3oc(Cc4ccccc4)nc3c2)c1. The van der Waals surface area contributed by atoms with E-state index in [-0.39, 0.29) is 5.91 Å². The van der Waals surface area contributed by atoms with E-state index in [0.29, 0.717) is 52.9 Å². The molecule has 0 fully saturated rings. The Morgan fingerprint density at radius 1 is 1.03 bits per heavy atom. The maximum atomic E-state index is 12.7. The molecule has 4 rings (SSSR count). The molecule has 0 bridgehead atoms. The molecule has 152 valence electrons. The van der Waals surface area contributed by atoms with Gasteiger partial charge in [-0.05, 0) is 47.9 Å². The Balaban J connectivity index is 1.47. The largest absolute Gasteiger partial charge is 0.493 e. The highest BCUT2D eigenvalue weighted by Crippen LogP contribution is 2.22. The van der Waals surface area contributed by atoms with E-state index >= 15 is 0 Å². The number of fused-ring (bicyclic) bond motifs is 1. The molecule has 0 aliphatic carbocycles. The van der Waals surface area contributed by atoms with Crippen molar-refractivity contribution < 1.29 is 13.9 Å².